The Kier molecular flexibility index (Phi) is 6.74. The van der Waals surface area contributed by atoms with Gasteiger partial charge in [0, 0.05) is 26.2 Å². The second kappa shape index (κ2) is 9.91. The molecule has 39 heavy (non-hydrogen) atoms. The van der Waals surface area contributed by atoms with Crippen molar-refractivity contribution >= 4 is 11.8 Å². The fourth-order valence-corrected chi connectivity index (χ4v) is 6.23. The van der Waals surface area contributed by atoms with Gasteiger partial charge < -0.3 is 23.7 Å². The Bertz CT molecular complexity index is 1390. The molecule has 0 radical (unpaired) electrons. The molecule has 4 atom stereocenters. The zero-order valence-corrected chi connectivity index (χ0v) is 22.8. The third kappa shape index (κ3) is 3.68. The van der Waals surface area contributed by atoms with Crippen LogP contribution in [0.15, 0.2) is 66.7 Å². The predicted octanol–water partition coefficient (Wildman–Crippen LogP) is 3.42. The number of benzene rings is 3. The Morgan fingerprint density at radius 2 is 1.56 bits per heavy atom. The van der Waals surface area contributed by atoms with Crippen LogP contribution in [0, 0.1) is 5.92 Å². The van der Waals surface area contributed by atoms with E-state index < -0.39 is 34.7 Å². The van der Waals surface area contributed by atoms with Crippen LogP contribution >= 0.6 is 0 Å². The minimum Gasteiger partial charge on any atom is -0.497 e. The molecule has 5 rings (SSSR count). The van der Waals surface area contributed by atoms with E-state index in [1.54, 1.807) is 45.5 Å². The van der Waals surface area contributed by atoms with Crippen LogP contribution in [0.4, 0.5) is 0 Å². The van der Waals surface area contributed by atoms with Gasteiger partial charge in [-0.05, 0) is 23.3 Å². The lowest BCUT2D eigenvalue weighted by Crippen LogP contribution is -2.62. The summed E-state index contributed by atoms with van der Waals surface area (Å²) >= 11 is 0. The van der Waals surface area contributed by atoms with Crippen molar-refractivity contribution in [2.75, 3.05) is 42.5 Å². The van der Waals surface area contributed by atoms with Crippen LogP contribution in [0.1, 0.15) is 22.6 Å². The highest BCUT2D eigenvalue weighted by Crippen LogP contribution is 2.69. The first-order valence-corrected chi connectivity index (χ1v) is 12.5. The number of ketones is 1. The number of fused-ring (bicyclic) bond motifs is 3. The van der Waals surface area contributed by atoms with E-state index in [-0.39, 0.29) is 0 Å². The molecule has 9 nitrogen and oxygen atoms in total. The maximum atomic E-state index is 14.9. The van der Waals surface area contributed by atoms with E-state index in [0.717, 1.165) is 5.56 Å². The molecule has 0 saturated heterocycles. The number of Topliss-reactive ketones (excluding diaryl/α,β-unsaturated/α-hetero) is 1. The number of esters is 1. The van der Waals surface area contributed by atoms with Crippen molar-refractivity contribution in [3.05, 3.63) is 83.4 Å². The highest BCUT2D eigenvalue weighted by Gasteiger charge is 2.79. The van der Waals surface area contributed by atoms with Crippen molar-refractivity contribution in [3.8, 4) is 23.0 Å². The van der Waals surface area contributed by atoms with Crippen LogP contribution in [-0.4, -0.2) is 59.3 Å². The van der Waals surface area contributed by atoms with Gasteiger partial charge in [0.2, 0.25) is 0 Å². The van der Waals surface area contributed by atoms with E-state index in [9.17, 15) is 9.59 Å². The van der Waals surface area contributed by atoms with Crippen molar-refractivity contribution in [2.24, 2.45) is 5.92 Å². The fraction of sp³-hybridized carbons (Fsp3) is 0.333. The van der Waals surface area contributed by atoms with Gasteiger partial charge in [0.25, 0.3) is 0 Å². The fourth-order valence-electron chi connectivity index (χ4n) is 6.23. The van der Waals surface area contributed by atoms with Gasteiger partial charge in [0.15, 0.2) is 16.9 Å². The zero-order chi connectivity index (χ0) is 27.9. The molecule has 0 spiro atoms. The highest BCUT2D eigenvalue weighted by molar-refractivity contribution is 6.10. The van der Waals surface area contributed by atoms with Gasteiger partial charge in [-0.2, -0.15) is 0 Å². The molecule has 1 heterocycles. The van der Waals surface area contributed by atoms with E-state index in [1.165, 1.54) is 14.2 Å². The van der Waals surface area contributed by atoms with Gasteiger partial charge in [-0.15, -0.1) is 0 Å². The zero-order valence-electron chi connectivity index (χ0n) is 22.8. The lowest BCUT2D eigenvalue weighted by Gasteiger charge is -2.43. The van der Waals surface area contributed by atoms with Crippen molar-refractivity contribution in [1.82, 2.24) is 10.4 Å². The number of rotatable bonds is 8. The Morgan fingerprint density at radius 3 is 2.13 bits per heavy atom. The molecule has 2 aliphatic rings. The van der Waals surface area contributed by atoms with E-state index in [0.29, 0.717) is 34.1 Å². The molecule has 3 aromatic carbocycles. The van der Waals surface area contributed by atoms with E-state index >= 15 is 0 Å². The van der Waals surface area contributed by atoms with Crippen LogP contribution in [-0.2, 0) is 25.5 Å². The Labute approximate surface area is 227 Å². The number of hydrogen-bond acceptors (Lipinski definition) is 9. The smallest absolute Gasteiger partial charge is 0.317 e. The quantitative estimate of drug-likeness (QED) is 0.266. The third-order valence-electron chi connectivity index (χ3n) is 7.65. The summed E-state index contributed by atoms with van der Waals surface area (Å²) in [5.74, 6) is -1.06. The summed E-state index contributed by atoms with van der Waals surface area (Å²) in [6.45, 7) is 0. The van der Waals surface area contributed by atoms with Crippen LogP contribution in [0.5, 0.6) is 23.0 Å². The van der Waals surface area contributed by atoms with Gasteiger partial charge in [-0.3, -0.25) is 9.59 Å². The van der Waals surface area contributed by atoms with E-state index in [1.807, 2.05) is 54.6 Å². The van der Waals surface area contributed by atoms with Gasteiger partial charge in [0.1, 0.15) is 28.9 Å². The summed E-state index contributed by atoms with van der Waals surface area (Å²) in [4.78, 5) is 28.4. The molecule has 0 amide bonds. The van der Waals surface area contributed by atoms with Crippen molar-refractivity contribution < 1.29 is 33.3 Å². The standard InChI is InChI=1S/C30H32N2O7/c1-32(2)31-29-26-22(37-5)16-21(36-4)17-23(26)39-30(29,19-12-14-20(35-3)15-13-19)25(18-10-8-7-9-11-18)24(27(29)33)28(34)38-6/h7-17,24-25,31H,1-6H3/t24-,25-,29+,30+/m1/s1. The summed E-state index contributed by atoms with van der Waals surface area (Å²) in [7, 11) is 9.53. The second-order valence-corrected chi connectivity index (χ2v) is 9.78. The molecule has 1 aliphatic heterocycles. The summed E-state index contributed by atoms with van der Waals surface area (Å²) < 4.78 is 29.1. The van der Waals surface area contributed by atoms with Crippen LogP contribution in [0.3, 0.4) is 0 Å². The highest BCUT2D eigenvalue weighted by atomic mass is 16.5. The normalized spacial score (nSPS) is 25.1. The predicted molar refractivity (Wildman–Crippen MR) is 143 cm³/mol. The molecule has 3 aromatic rings. The molecule has 0 aromatic heterocycles. The van der Waals surface area contributed by atoms with Crippen molar-refractivity contribution in [2.45, 2.75) is 17.1 Å². The van der Waals surface area contributed by atoms with Gasteiger partial charge >= 0.3 is 5.97 Å². The number of carbonyl (C=O) groups excluding carboxylic acids is 2. The van der Waals surface area contributed by atoms with E-state index in [2.05, 4.69) is 5.43 Å². The summed E-state index contributed by atoms with van der Waals surface area (Å²) in [6.07, 6.45) is 0. The summed E-state index contributed by atoms with van der Waals surface area (Å²) in [5.41, 5.74) is 2.28. The number of methoxy groups -OCH3 is 4. The van der Waals surface area contributed by atoms with Gasteiger partial charge in [-0.25, -0.2) is 10.4 Å². The van der Waals surface area contributed by atoms with Crippen molar-refractivity contribution in [3.63, 3.8) is 0 Å². The number of carbonyl (C=O) groups is 2. The largest absolute Gasteiger partial charge is 0.497 e. The maximum Gasteiger partial charge on any atom is 0.317 e. The number of hydrogen-bond donors (Lipinski definition) is 1. The Morgan fingerprint density at radius 1 is 0.897 bits per heavy atom. The molecule has 1 aliphatic carbocycles. The van der Waals surface area contributed by atoms with Crippen LogP contribution < -0.4 is 24.4 Å². The minimum atomic E-state index is -1.59. The number of hydrazine groups is 1. The molecule has 1 saturated carbocycles. The molecule has 0 unspecified atom stereocenters. The first kappa shape index (κ1) is 26.5. The van der Waals surface area contributed by atoms with Gasteiger partial charge in [-0.1, -0.05) is 42.5 Å². The molecular formula is C30H32N2O7. The maximum absolute atomic E-state index is 14.9. The van der Waals surface area contributed by atoms with Crippen molar-refractivity contribution in [1.29, 1.82) is 0 Å². The number of nitrogens with zero attached hydrogens (tertiary/aromatic N) is 1. The average molecular weight is 533 g/mol. The second-order valence-electron chi connectivity index (χ2n) is 9.78. The lowest BCUT2D eigenvalue weighted by molar-refractivity contribution is -0.150. The topological polar surface area (TPSA) is 95.6 Å². The summed E-state index contributed by atoms with van der Waals surface area (Å²) in [6, 6.07) is 20.2. The Balaban J connectivity index is 1.95. The Hall–Kier alpha value is -4.08. The molecule has 204 valence electrons. The van der Waals surface area contributed by atoms with E-state index in [4.69, 9.17) is 23.7 Å². The van der Waals surface area contributed by atoms with Gasteiger partial charge in [0.05, 0.1) is 39.9 Å². The number of ether oxygens (including phenoxy) is 5. The monoisotopic (exact) mass is 532 g/mol. The lowest BCUT2D eigenvalue weighted by atomic mass is 9.69. The first-order valence-electron chi connectivity index (χ1n) is 12.5. The summed E-state index contributed by atoms with van der Waals surface area (Å²) in [5, 5.41) is 1.69. The molecule has 1 fully saturated rings. The molecule has 9 heteroatoms. The van der Waals surface area contributed by atoms with Crippen LogP contribution in [0.2, 0.25) is 0 Å². The number of nitrogens with one attached hydrogen (secondary N) is 1. The minimum absolute atomic E-state index is 0.389. The SMILES string of the molecule is COC(=O)[C@H]1C(=O)[C@@]2(NN(C)C)c3c(OC)cc(OC)cc3O[C@@]2(c2ccc(OC)cc2)[C@@H]1c1ccccc1. The molecule has 1 N–H and O–H groups in total. The first-order chi connectivity index (χ1) is 18.8. The average Bonchev–Trinajstić information content (AvgIpc) is 3.36. The molecular weight excluding hydrogens is 500 g/mol. The van der Waals surface area contributed by atoms with Crippen LogP contribution in [0.25, 0.3) is 0 Å². The molecule has 0 bridgehead atoms. The third-order valence-corrected chi connectivity index (χ3v) is 7.65.